The predicted octanol–water partition coefficient (Wildman–Crippen LogP) is 3.78. The van der Waals surface area contributed by atoms with Gasteiger partial charge < -0.3 is 19.8 Å². The Hall–Kier alpha value is -2.87. The summed E-state index contributed by atoms with van der Waals surface area (Å²) in [4.78, 5) is 39.5. The number of hydrogen-bond acceptors (Lipinski definition) is 5. The first-order valence-corrected chi connectivity index (χ1v) is 8.86. The topological polar surface area (TPSA) is 97.5 Å². The number of H-pyrrole nitrogens is 1. The zero-order chi connectivity index (χ0) is 21.0. The van der Waals surface area contributed by atoms with Gasteiger partial charge in [-0.25, -0.2) is 14.0 Å². The van der Waals surface area contributed by atoms with E-state index in [1.54, 1.807) is 20.8 Å². The van der Waals surface area contributed by atoms with Crippen molar-refractivity contribution in [2.24, 2.45) is 0 Å². The Labute approximate surface area is 166 Å². The molecule has 0 spiro atoms. The van der Waals surface area contributed by atoms with Crippen molar-refractivity contribution < 1.29 is 28.2 Å². The Morgan fingerprint density at radius 1 is 1.25 bits per heavy atom. The number of carbonyl (C=O) groups excluding carboxylic acids is 3. The molecule has 9 heteroatoms. The van der Waals surface area contributed by atoms with Gasteiger partial charge in [0.2, 0.25) is 0 Å². The maximum absolute atomic E-state index is 13.2. The highest BCUT2D eigenvalue weighted by Gasteiger charge is 2.26. The van der Waals surface area contributed by atoms with E-state index in [1.165, 1.54) is 19.1 Å². The lowest BCUT2D eigenvalue weighted by atomic mass is 10.1. The first-order valence-electron chi connectivity index (χ1n) is 8.48. The molecule has 150 valence electrons. The van der Waals surface area contributed by atoms with Crippen molar-refractivity contribution in [3.05, 3.63) is 51.6 Å². The average Bonchev–Trinajstić information content (AvgIpc) is 2.92. The van der Waals surface area contributed by atoms with Crippen molar-refractivity contribution in [3.63, 3.8) is 0 Å². The van der Waals surface area contributed by atoms with E-state index in [0.29, 0.717) is 11.3 Å². The fourth-order valence-corrected chi connectivity index (χ4v) is 2.73. The lowest BCUT2D eigenvalue weighted by Crippen LogP contribution is -2.30. The minimum absolute atomic E-state index is 0.146. The van der Waals surface area contributed by atoms with Crippen molar-refractivity contribution in [1.29, 1.82) is 0 Å². The molecule has 0 bridgehead atoms. The van der Waals surface area contributed by atoms with Crippen molar-refractivity contribution in [3.8, 4) is 0 Å². The molecule has 0 fully saturated rings. The lowest BCUT2D eigenvalue weighted by molar-refractivity contribution is -0.123. The summed E-state index contributed by atoms with van der Waals surface area (Å²) in [6.07, 6.45) is -1.14. The molecule has 7 nitrogen and oxygen atoms in total. The summed E-state index contributed by atoms with van der Waals surface area (Å²) in [5.74, 6) is -2.58. The number of aryl methyl sites for hydroxylation is 1. The van der Waals surface area contributed by atoms with Gasteiger partial charge >= 0.3 is 11.9 Å². The minimum atomic E-state index is -1.14. The summed E-state index contributed by atoms with van der Waals surface area (Å²) < 4.78 is 23.3. The van der Waals surface area contributed by atoms with Crippen LogP contribution in [0.25, 0.3) is 0 Å². The summed E-state index contributed by atoms with van der Waals surface area (Å²) in [6.45, 7) is 6.45. The molecule has 0 aliphatic rings. The van der Waals surface area contributed by atoms with Crippen molar-refractivity contribution in [2.75, 3.05) is 11.9 Å². The number of aromatic amines is 1. The number of esters is 2. The molecule has 1 atom stereocenters. The number of halogens is 2. The predicted molar refractivity (Wildman–Crippen MR) is 101 cm³/mol. The summed E-state index contributed by atoms with van der Waals surface area (Å²) in [5.41, 5.74) is 1.37. The van der Waals surface area contributed by atoms with Crippen LogP contribution in [0.2, 0.25) is 5.02 Å². The molecule has 0 aliphatic heterocycles. The van der Waals surface area contributed by atoms with Gasteiger partial charge in [-0.2, -0.15) is 0 Å². The molecule has 1 aromatic carbocycles. The largest absolute Gasteiger partial charge is 0.461 e. The summed E-state index contributed by atoms with van der Waals surface area (Å²) in [6, 6.07) is 3.69. The monoisotopic (exact) mass is 410 g/mol. The average molecular weight is 411 g/mol. The molecule has 0 aliphatic carbocycles. The highest BCUT2D eigenvalue weighted by atomic mass is 35.5. The first-order chi connectivity index (χ1) is 13.1. The Morgan fingerprint density at radius 2 is 1.93 bits per heavy atom. The zero-order valence-electron chi connectivity index (χ0n) is 15.8. The molecule has 0 saturated carbocycles. The molecule has 0 saturated heterocycles. The number of carbonyl (C=O) groups is 3. The van der Waals surface area contributed by atoms with Gasteiger partial charge in [0.15, 0.2) is 6.10 Å². The van der Waals surface area contributed by atoms with E-state index >= 15 is 0 Å². The number of hydrogen-bond donors (Lipinski definition) is 2. The van der Waals surface area contributed by atoms with Crippen LogP contribution in [0.3, 0.4) is 0 Å². The number of ether oxygens (including phenoxy) is 2. The first kappa shape index (κ1) is 21.4. The van der Waals surface area contributed by atoms with Gasteiger partial charge in [0.1, 0.15) is 11.5 Å². The van der Waals surface area contributed by atoms with E-state index in [9.17, 15) is 18.8 Å². The number of aromatic nitrogens is 1. The number of amides is 1. The van der Waals surface area contributed by atoms with E-state index < -0.39 is 29.8 Å². The third-order valence-electron chi connectivity index (χ3n) is 3.96. The molecule has 1 heterocycles. The van der Waals surface area contributed by atoms with Gasteiger partial charge in [-0.05, 0) is 51.5 Å². The van der Waals surface area contributed by atoms with Crippen LogP contribution in [0, 0.1) is 19.7 Å². The third kappa shape index (κ3) is 4.69. The third-order valence-corrected chi connectivity index (χ3v) is 4.25. The fraction of sp³-hybridized carbons (Fsp3) is 0.316. The summed E-state index contributed by atoms with van der Waals surface area (Å²) in [7, 11) is 0. The molecular formula is C19H20ClFN2O5. The van der Waals surface area contributed by atoms with Gasteiger partial charge in [-0.15, -0.1) is 0 Å². The smallest absolute Gasteiger partial charge is 0.355 e. The van der Waals surface area contributed by atoms with Crippen LogP contribution in [0.4, 0.5) is 10.1 Å². The van der Waals surface area contributed by atoms with Gasteiger partial charge in [-0.3, -0.25) is 4.79 Å². The standard InChI is InChI=1S/C19H20ClFN2O5/c1-5-27-19(26)16-9(2)15(10(3)22-16)18(25)28-11(4)17(24)23-12-6-7-14(21)13(20)8-12/h6-8,11,22H,5H2,1-4H3,(H,23,24)/t11-/m1/s1. The maximum atomic E-state index is 13.2. The molecule has 2 rings (SSSR count). The second-order valence-corrected chi connectivity index (χ2v) is 6.42. The molecule has 28 heavy (non-hydrogen) atoms. The second-order valence-electron chi connectivity index (χ2n) is 6.01. The molecule has 2 aromatic rings. The van der Waals surface area contributed by atoms with E-state index in [1.807, 2.05) is 0 Å². The van der Waals surface area contributed by atoms with Gasteiger partial charge in [-0.1, -0.05) is 11.6 Å². The van der Waals surface area contributed by atoms with Crippen molar-refractivity contribution >= 4 is 35.1 Å². The van der Waals surface area contributed by atoms with Crippen LogP contribution in [0.1, 0.15) is 46.0 Å². The number of anilines is 1. The Morgan fingerprint density at radius 3 is 2.54 bits per heavy atom. The zero-order valence-corrected chi connectivity index (χ0v) is 16.6. The Kier molecular flexibility index (Phi) is 6.80. The van der Waals surface area contributed by atoms with Crippen LogP contribution in [0.15, 0.2) is 18.2 Å². The summed E-state index contributed by atoms with van der Waals surface area (Å²) in [5, 5.41) is 2.34. The quantitative estimate of drug-likeness (QED) is 0.706. The van der Waals surface area contributed by atoms with Crippen LogP contribution in [0.5, 0.6) is 0 Å². The van der Waals surface area contributed by atoms with E-state index in [2.05, 4.69) is 10.3 Å². The van der Waals surface area contributed by atoms with E-state index in [-0.39, 0.29) is 28.6 Å². The minimum Gasteiger partial charge on any atom is -0.461 e. The van der Waals surface area contributed by atoms with Crippen molar-refractivity contribution in [1.82, 2.24) is 4.98 Å². The number of benzene rings is 1. The van der Waals surface area contributed by atoms with Crippen molar-refractivity contribution in [2.45, 2.75) is 33.8 Å². The molecule has 2 N–H and O–H groups in total. The molecule has 1 aromatic heterocycles. The Balaban J connectivity index is 2.10. The molecule has 1 amide bonds. The normalized spacial score (nSPS) is 11.6. The lowest BCUT2D eigenvalue weighted by Gasteiger charge is -2.14. The Bertz CT molecular complexity index is 925. The number of nitrogens with one attached hydrogen (secondary N) is 2. The number of rotatable bonds is 6. The van der Waals surface area contributed by atoms with Gasteiger partial charge in [0, 0.05) is 11.4 Å². The van der Waals surface area contributed by atoms with E-state index in [4.69, 9.17) is 21.1 Å². The van der Waals surface area contributed by atoms with Crippen LogP contribution >= 0.6 is 11.6 Å². The maximum Gasteiger partial charge on any atom is 0.355 e. The SMILES string of the molecule is CCOC(=O)c1[nH]c(C)c(C(=O)O[C@H](C)C(=O)Nc2ccc(F)c(Cl)c2)c1C. The fourth-order valence-electron chi connectivity index (χ4n) is 2.55. The molecule has 0 unspecified atom stereocenters. The molecule has 0 radical (unpaired) electrons. The van der Waals surface area contributed by atoms with E-state index in [0.717, 1.165) is 6.07 Å². The second kappa shape index (κ2) is 8.88. The highest BCUT2D eigenvalue weighted by molar-refractivity contribution is 6.31. The van der Waals surface area contributed by atoms with Crippen LogP contribution in [-0.4, -0.2) is 35.5 Å². The van der Waals surface area contributed by atoms with Crippen LogP contribution in [-0.2, 0) is 14.3 Å². The van der Waals surface area contributed by atoms with Gasteiger partial charge in [0.25, 0.3) is 5.91 Å². The van der Waals surface area contributed by atoms with Crippen LogP contribution < -0.4 is 5.32 Å². The molecular weight excluding hydrogens is 391 g/mol. The highest BCUT2D eigenvalue weighted by Crippen LogP contribution is 2.22. The van der Waals surface area contributed by atoms with Gasteiger partial charge in [0.05, 0.1) is 17.2 Å². The summed E-state index contributed by atoms with van der Waals surface area (Å²) >= 11 is 5.67.